The zero-order chi connectivity index (χ0) is 20.6. The molecular formula is C18H21Cl3O6. The molecule has 0 aliphatic rings. The second-order valence-electron chi connectivity index (χ2n) is 6.29. The summed E-state index contributed by atoms with van der Waals surface area (Å²) in [5.41, 5.74) is -0.386. The van der Waals surface area contributed by atoms with E-state index < -0.39 is 23.7 Å². The third-order valence-electron chi connectivity index (χ3n) is 3.61. The van der Waals surface area contributed by atoms with E-state index in [2.05, 4.69) is 18.6 Å². The molecule has 1 rings (SSSR count). The van der Waals surface area contributed by atoms with Crippen LogP contribution >= 0.6 is 34.8 Å². The van der Waals surface area contributed by atoms with Crippen molar-refractivity contribution in [3.63, 3.8) is 0 Å². The van der Waals surface area contributed by atoms with Crippen molar-refractivity contribution >= 4 is 52.7 Å². The van der Waals surface area contributed by atoms with Crippen LogP contribution in [0.2, 0.25) is 15.1 Å². The quantitative estimate of drug-likeness (QED) is 0.182. The van der Waals surface area contributed by atoms with Crippen molar-refractivity contribution in [1.29, 1.82) is 0 Å². The van der Waals surface area contributed by atoms with E-state index in [1.165, 1.54) is 0 Å². The molecule has 0 aromatic heterocycles. The minimum atomic E-state index is -1.85. The molecule has 150 valence electrons. The summed E-state index contributed by atoms with van der Waals surface area (Å²) in [4.78, 5) is 34.4. The number of ether oxygens (including phenoxy) is 2. The number of unbranched alkanes of at least 4 members (excludes halogenated alkanes) is 3. The van der Waals surface area contributed by atoms with Gasteiger partial charge < -0.3 is 14.6 Å². The van der Waals surface area contributed by atoms with E-state index in [0.717, 1.165) is 31.7 Å². The molecule has 1 aromatic rings. The number of halogens is 3. The molecule has 0 aliphatic heterocycles. The first-order valence-corrected chi connectivity index (χ1v) is 9.58. The van der Waals surface area contributed by atoms with Gasteiger partial charge in [0.05, 0.1) is 21.7 Å². The van der Waals surface area contributed by atoms with Gasteiger partial charge in [0.2, 0.25) is 0 Å². The number of carboxylic acid groups (broad SMARTS) is 1. The van der Waals surface area contributed by atoms with Crippen molar-refractivity contribution < 1.29 is 29.0 Å². The number of aliphatic carboxylic acids is 1. The number of rotatable bonds is 9. The van der Waals surface area contributed by atoms with Gasteiger partial charge in [0.1, 0.15) is 5.56 Å². The highest BCUT2D eigenvalue weighted by Crippen LogP contribution is 2.39. The van der Waals surface area contributed by atoms with Crippen molar-refractivity contribution in [2.45, 2.75) is 46.0 Å². The molecule has 0 fully saturated rings. The minimum Gasteiger partial charge on any atom is -0.473 e. The molecule has 0 saturated carbocycles. The first-order valence-electron chi connectivity index (χ1n) is 8.44. The van der Waals surface area contributed by atoms with Gasteiger partial charge in [-0.15, -0.1) is 0 Å². The SMILES string of the molecule is CC(C)CCCCCCOC(=O)c1c(Cl)c(Cl)cc(Cl)c1OC(=O)C(=O)O. The van der Waals surface area contributed by atoms with Crippen molar-refractivity contribution in [1.82, 2.24) is 0 Å². The van der Waals surface area contributed by atoms with Crippen LogP contribution in [-0.2, 0) is 14.3 Å². The topological polar surface area (TPSA) is 89.9 Å². The van der Waals surface area contributed by atoms with E-state index in [9.17, 15) is 14.4 Å². The lowest BCUT2D eigenvalue weighted by Crippen LogP contribution is -2.21. The number of esters is 2. The second-order valence-corrected chi connectivity index (χ2v) is 7.48. The lowest BCUT2D eigenvalue weighted by atomic mass is 10.0. The van der Waals surface area contributed by atoms with Crippen LogP contribution in [0.5, 0.6) is 5.75 Å². The summed E-state index contributed by atoms with van der Waals surface area (Å²) in [6.45, 7) is 4.46. The third kappa shape index (κ3) is 7.56. The summed E-state index contributed by atoms with van der Waals surface area (Å²) in [5, 5.41) is 8.14. The number of benzene rings is 1. The first-order chi connectivity index (χ1) is 12.6. The third-order valence-corrected chi connectivity index (χ3v) is 4.68. The molecule has 0 saturated heterocycles. The summed E-state index contributed by atoms with van der Waals surface area (Å²) in [7, 11) is 0. The fourth-order valence-corrected chi connectivity index (χ4v) is 2.96. The van der Waals surface area contributed by atoms with Crippen LogP contribution in [0.25, 0.3) is 0 Å². The van der Waals surface area contributed by atoms with Crippen LogP contribution in [0.3, 0.4) is 0 Å². The summed E-state index contributed by atoms with van der Waals surface area (Å²) < 4.78 is 9.81. The molecule has 1 N–H and O–H groups in total. The molecule has 0 heterocycles. The largest absolute Gasteiger partial charge is 0.473 e. The van der Waals surface area contributed by atoms with Gasteiger partial charge in [-0.2, -0.15) is 0 Å². The zero-order valence-electron chi connectivity index (χ0n) is 15.0. The molecule has 27 heavy (non-hydrogen) atoms. The standard InChI is InChI=1S/C18H21Cl3O6/c1-10(2)7-5-3-4-6-8-26-17(24)13-14(21)11(19)9-12(20)15(13)27-18(25)16(22)23/h9-10H,3-8H2,1-2H3,(H,22,23). The number of carboxylic acids is 1. The smallest absolute Gasteiger partial charge is 0.422 e. The molecule has 0 atom stereocenters. The summed E-state index contributed by atoms with van der Waals surface area (Å²) in [6.07, 6.45) is 4.83. The highest BCUT2D eigenvalue weighted by atomic mass is 35.5. The molecule has 0 spiro atoms. The molecule has 0 bridgehead atoms. The van der Waals surface area contributed by atoms with Crippen molar-refractivity contribution in [2.24, 2.45) is 5.92 Å². The predicted molar refractivity (Wildman–Crippen MR) is 103 cm³/mol. The molecule has 0 aliphatic carbocycles. The highest BCUT2D eigenvalue weighted by molar-refractivity contribution is 6.46. The molecule has 0 amide bonds. The highest BCUT2D eigenvalue weighted by Gasteiger charge is 2.27. The Bertz CT molecular complexity index is 703. The Labute approximate surface area is 172 Å². The van der Waals surface area contributed by atoms with Gasteiger partial charge >= 0.3 is 17.9 Å². The molecule has 0 radical (unpaired) electrons. The Morgan fingerprint density at radius 1 is 1.04 bits per heavy atom. The molecule has 6 nitrogen and oxygen atoms in total. The predicted octanol–water partition coefficient (Wildman–Crippen LogP) is 5.40. The van der Waals surface area contributed by atoms with Gasteiger partial charge in [0, 0.05) is 0 Å². The van der Waals surface area contributed by atoms with E-state index in [4.69, 9.17) is 44.6 Å². The van der Waals surface area contributed by atoms with Crippen molar-refractivity contribution in [3.8, 4) is 5.75 Å². The van der Waals surface area contributed by atoms with Gasteiger partial charge in [-0.05, 0) is 18.4 Å². The van der Waals surface area contributed by atoms with Gasteiger partial charge in [0.25, 0.3) is 0 Å². The fraction of sp³-hybridized carbons (Fsp3) is 0.500. The van der Waals surface area contributed by atoms with Crippen LogP contribution in [0.15, 0.2) is 6.07 Å². The van der Waals surface area contributed by atoms with Gasteiger partial charge in [-0.25, -0.2) is 14.4 Å². The average Bonchev–Trinajstić information content (AvgIpc) is 2.58. The van der Waals surface area contributed by atoms with Gasteiger partial charge in [-0.3, -0.25) is 0 Å². The summed E-state index contributed by atoms with van der Waals surface area (Å²) in [5.74, 6) is -4.21. The first kappa shape index (κ1) is 23.5. The zero-order valence-corrected chi connectivity index (χ0v) is 17.3. The van der Waals surface area contributed by atoms with Gasteiger partial charge in [-0.1, -0.05) is 74.3 Å². The van der Waals surface area contributed by atoms with E-state index in [1.807, 2.05) is 0 Å². The Morgan fingerprint density at radius 2 is 1.67 bits per heavy atom. The molecule has 9 heteroatoms. The lowest BCUT2D eigenvalue weighted by Gasteiger charge is -2.13. The van der Waals surface area contributed by atoms with E-state index in [0.29, 0.717) is 12.3 Å². The van der Waals surface area contributed by atoms with E-state index in [-0.39, 0.29) is 27.2 Å². The second kappa shape index (κ2) is 11.4. The summed E-state index contributed by atoms with van der Waals surface area (Å²) >= 11 is 17.8. The molecular weight excluding hydrogens is 419 g/mol. The molecule has 0 unspecified atom stereocenters. The van der Waals surface area contributed by atoms with E-state index in [1.54, 1.807) is 0 Å². The number of hydrogen-bond acceptors (Lipinski definition) is 5. The van der Waals surface area contributed by atoms with Gasteiger partial charge in [0.15, 0.2) is 5.75 Å². The van der Waals surface area contributed by atoms with E-state index >= 15 is 0 Å². The molecule has 1 aromatic carbocycles. The lowest BCUT2D eigenvalue weighted by molar-refractivity contribution is -0.158. The number of carbonyl (C=O) groups is 3. The monoisotopic (exact) mass is 438 g/mol. The summed E-state index contributed by atoms with van der Waals surface area (Å²) in [6, 6.07) is 1.14. The van der Waals surface area contributed by atoms with Crippen LogP contribution in [0.1, 0.15) is 56.3 Å². The average molecular weight is 440 g/mol. The van der Waals surface area contributed by atoms with Crippen LogP contribution in [0.4, 0.5) is 0 Å². The fourth-order valence-electron chi connectivity index (χ4n) is 2.24. The van der Waals surface area contributed by atoms with Crippen LogP contribution in [-0.4, -0.2) is 29.6 Å². The Morgan fingerprint density at radius 3 is 2.26 bits per heavy atom. The minimum absolute atomic E-state index is 0.0579. The normalized spacial score (nSPS) is 10.7. The maximum Gasteiger partial charge on any atom is 0.422 e. The van der Waals surface area contributed by atoms with Crippen LogP contribution in [0, 0.1) is 5.92 Å². The van der Waals surface area contributed by atoms with Crippen molar-refractivity contribution in [3.05, 3.63) is 26.7 Å². The maximum atomic E-state index is 12.4. The maximum absolute atomic E-state index is 12.4. The Hall–Kier alpha value is -1.50. The van der Waals surface area contributed by atoms with Crippen LogP contribution < -0.4 is 4.74 Å². The Balaban J connectivity index is 2.77. The number of hydrogen-bond donors (Lipinski definition) is 1. The van der Waals surface area contributed by atoms with Crippen molar-refractivity contribution in [2.75, 3.05) is 6.61 Å². The number of carbonyl (C=O) groups excluding carboxylic acids is 2. The Kier molecular flexibility index (Phi) is 9.91.